The summed E-state index contributed by atoms with van der Waals surface area (Å²) >= 11 is 0. The molecule has 2 unspecified atom stereocenters. The minimum absolute atomic E-state index is 0.175. The number of halogens is 1. The van der Waals surface area contributed by atoms with E-state index in [1.807, 2.05) is 24.3 Å². The summed E-state index contributed by atoms with van der Waals surface area (Å²) in [6.45, 7) is 0.447. The van der Waals surface area contributed by atoms with Crippen molar-refractivity contribution in [3.05, 3.63) is 30.5 Å². The van der Waals surface area contributed by atoms with Gasteiger partial charge in [-0.25, -0.2) is 9.37 Å². The zero-order valence-corrected chi connectivity index (χ0v) is 9.12. The van der Waals surface area contributed by atoms with Gasteiger partial charge in [-0.15, -0.1) is 0 Å². The molecule has 1 aromatic carbocycles. The number of hydrogen-bond donors (Lipinski definition) is 1. The molecule has 17 heavy (non-hydrogen) atoms. The van der Waals surface area contributed by atoms with Gasteiger partial charge >= 0.3 is 0 Å². The molecule has 1 aromatic heterocycles. The number of hydrogen-bond acceptors (Lipinski definition) is 4. The van der Waals surface area contributed by atoms with Crippen molar-refractivity contribution >= 4 is 16.9 Å². The lowest BCUT2D eigenvalue weighted by Gasteiger charge is -2.15. The number of aliphatic hydroxyl groups excluding tert-OH is 1. The van der Waals surface area contributed by atoms with Crippen LogP contribution in [0.5, 0.6) is 0 Å². The first-order valence-electron chi connectivity index (χ1n) is 5.53. The molecular weight excluding hydrogens is 221 g/mol. The first-order valence-corrected chi connectivity index (χ1v) is 5.53. The third-order valence-corrected chi connectivity index (χ3v) is 2.98. The lowest BCUT2D eigenvalue weighted by Crippen LogP contribution is -2.22. The Morgan fingerprint density at radius 2 is 2.00 bits per heavy atom. The van der Waals surface area contributed by atoms with Crippen LogP contribution >= 0.6 is 0 Å². The van der Waals surface area contributed by atoms with E-state index >= 15 is 0 Å². The fourth-order valence-corrected chi connectivity index (χ4v) is 2.03. The van der Waals surface area contributed by atoms with Crippen LogP contribution in [-0.4, -0.2) is 40.4 Å². The largest absolute Gasteiger partial charge is 0.388 e. The van der Waals surface area contributed by atoms with E-state index < -0.39 is 12.3 Å². The van der Waals surface area contributed by atoms with Crippen molar-refractivity contribution in [1.82, 2.24) is 9.97 Å². The van der Waals surface area contributed by atoms with E-state index in [9.17, 15) is 9.50 Å². The van der Waals surface area contributed by atoms with Gasteiger partial charge in [0.1, 0.15) is 18.1 Å². The zero-order valence-electron chi connectivity index (χ0n) is 9.12. The molecule has 1 saturated heterocycles. The number of alkyl halides is 1. The molecule has 3 rings (SSSR count). The van der Waals surface area contributed by atoms with E-state index in [4.69, 9.17) is 0 Å². The van der Waals surface area contributed by atoms with Gasteiger partial charge in [0.15, 0.2) is 0 Å². The molecule has 2 heterocycles. The van der Waals surface area contributed by atoms with Crippen LogP contribution in [0.1, 0.15) is 0 Å². The molecule has 1 N–H and O–H groups in total. The summed E-state index contributed by atoms with van der Waals surface area (Å²) in [4.78, 5) is 10.4. The van der Waals surface area contributed by atoms with E-state index in [1.54, 1.807) is 11.1 Å². The van der Waals surface area contributed by atoms with Crippen LogP contribution in [-0.2, 0) is 0 Å². The monoisotopic (exact) mass is 233 g/mol. The average Bonchev–Trinajstić information content (AvgIpc) is 2.69. The van der Waals surface area contributed by atoms with E-state index in [0.717, 1.165) is 11.0 Å². The highest BCUT2D eigenvalue weighted by atomic mass is 19.1. The summed E-state index contributed by atoms with van der Waals surface area (Å²) < 4.78 is 13.2. The van der Waals surface area contributed by atoms with Crippen molar-refractivity contribution in [2.24, 2.45) is 0 Å². The normalized spacial score (nSPS) is 24.5. The van der Waals surface area contributed by atoms with Crippen molar-refractivity contribution in [2.75, 3.05) is 18.0 Å². The minimum Gasteiger partial charge on any atom is -0.388 e. The van der Waals surface area contributed by atoms with Crippen molar-refractivity contribution in [1.29, 1.82) is 0 Å². The predicted octanol–water partition coefficient (Wildman–Crippen LogP) is 1.15. The van der Waals surface area contributed by atoms with E-state index in [-0.39, 0.29) is 13.1 Å². The van der Waals surface area contributed by atoms with Crippen LogP contribution in [0.2, 0.25) is 0 Å². The summed E-state index contributed by atoms with van der Waals surface area (Å²) in [7, 11) is 0. The minimum atomic E-state index is -1.21. The molecule has 0 bridgehead atoms. The van der Waals surface area contributed by atoms with Crippen LogP contribution < -0.4 is 4.90 Å². The van der Waals surface area contributed by atoms with Crippen molar-refractivity contribution < 1.29 is 9.50 Å². The summed E-state index contributed by atoms with van der Waals surface area (Å²) in [5, 5.41) is 9.38. The number of fused-ring (bicyclic) bond motifs is 1. The molecule has 88 valence electrons. The molecule has 1 aliphatic heterocycles. The van der Waals surface area contributed by atoms with Crippen LogP contribution in [0, 0.1) is 0 Å². The molecule has 0 aliphatic carbocycles. The molecule has 2 aromatic rings. The summed E-state index contributed by atoms with van der Waals surface area (Å²) in [5.41, 5.74) is 1.59. The number of rotatable bonds is 1. The molecule has 0 radical (unpaired) electrons. The van der Waals surface area contributed by atoms with Crippen molar-refractivity contribution in [2.45, 2.75) is 12.3 Å². The zero-order chi connectivity index (χ0) is 11.8. The maximum atomic E-state index is 13.2. The van der Waals surface area contributed by atoms with E-state index in [0.29, 0.717) is 5.82 Å². The Morgan fingerprint density at radius 3 is 2.71 bits per heavy atom. The van der Waals surface area contributed by atoms with Crippen LogP contribution in [0.4, 0.5) is 10.2 Å². The molecule has 2 atom stereocenters. The second-order valence-corrected chi connectivity index (χ2v) is 4.21. The third kappa shape index (κ3) is 1.82. The van der Waals surface area contributed by atoms with Crippen molar-refractivity contribution in [3.8, 4) is 0 Å². The van der Waals surface area contributed by atoms with Crippen molar-refractivity contribution in [3.63, 3.8) is 0 Å². The lowest BCUT2D eigenvalue weighted by atomic mass is 10.3. The molecule has 0 saturated carbocycles. The Balaban J connectivity index is 1.96. The highest BCUT2D eigenvalue weighted by Crippen LogP contribution is 2.21. The Labute approximate surface area is 97.7 Å². The smallest absolute Gasteiger partial charge is 0.148 e. The Hall–Kier alpha value is -1.75. The summed E-state index contributed by atoms with van der Waals surface area (Å²) in [5.74, 6) is 0.614. The predicted molar refractivity (Wildman–Crippen MR) is 62.7 cm³/mol. The maximum Gasteiger partial charge on any atom is 0.148 e. The fraction of sp³-hybridized carbons (Fsp3) is 0.333. The molecule has 5 heteroatoms. The third-order valence-electron chi connectivity index (χ3n) is 2.98. The SMILES string of the molecule is OC1CN(c2cnc3ccccc3n2)CC1F. The molecule has 1 fully saturated rings. The van der Waals surface area contributed by atoms with Gasteiger partial charge < -0.3 is 10.0 Å². The van der Waals surface area contributed by atoms with Crippen LogP contribution in [0.25, 0.3) is 11.0 Å². The number of benzene rings is 1. The molecule has 4 nitrogen and oxygen atoms in total. The molecule has 0 spiro atoms. The second-order valence-electron chi connectivity index (χ2n) is 4.21. The fourth-order valence-electron chi connectivity index (χ4n) is 2.03. The first kappa shape index (κ1) is 10.4. The van der Waals surface area contributed by atoms with Gasteiger partial charge in [-0.1, -0.05) is 12.1 Å². The van der Waals surface area contributed by atoms with Crippen LogP contribution in [0.15, 0.2) is 30.5 Å². The number of aromatic nitrogens is 2. The first-order chi connectivity index (χ1) is 8.24. The van der Waals surface area contributed by atoms with Gasteiger partial charge in [-0.3, -0.25) is 4.98 Å². The number of β-amino-alcohol motifs (C(OH)–C–C–N with tert-alkyl or cyclic N) is 1. The van der Waals surface area contributed by atoms with Gasteiger partial charge in [0, 0.05) is 6.54 Å². The van der Waals surface area contributed by atoms with Crippen LogP contribution in [0.3, 0.4) is 0 Å². The molecule has 0 amide bonds. The summed E-state index contributed by atoms with van der Waals surface area (Å²) in [6.07, 6.45) is -0.515. The van der Waals surface area contributed by atoms with Gasteiger partial charge in [0.05, 0.1) is 23.8 Å². The Morgan fingerprint density at radius 1 is 1.24 bits per heavy atom. The highest BCUT2D eigenvalue weighted by Gasteiger charge is 2.32. The summed E-state index contributed by atoms with van der Waals surface area (Å²) in [6, 6.07) is 7.53. The number of para-hydroxylation sites is 2. The standard InChI is InChI=1S/C12H12FN3O/c13-8-6-16(7-11(8)17)12-5-14-9-3-1-2-4-10(9)15-12/h1-5,8,11,17H,6-7H2. The highest BCUT2D eigenvalue weighted by molar-refractivity contribution is 5.75. The Kier molecular flexibility index (Phi) is 2.40. The second kappa shape index (κ2) is 3.92. The topological polar surface area (TPSA) is 49.2 Å². The number of aliphatic hydroxyl groups is 1. The molecular formula is C12H12FN3O. The average molecular weight is 233 g/mol. The quantitative estimate of drug-likeness (QED) is 0.802. The van der Waals surface area contributed by atoms with E-state index in [2.05, 4.69) is 9.97 Å². The number of anilines is 1. The maximum absolute atomic E-state index is 13.2. The van der Waals surface area contributed by atoms with Gasteiger partial charge in [0.2, 0.25) is 0 Å². The van der Waals surface area contributed by atoms with Gasteiger partial charge in [0.25, 0.3) is 0 Å². The van der Waals surface area contributed by atoms with Gasteiger partial charge in [-0.2, -0.15) is 0 Å². The lowest BCUT2D eigenvalue weighted by molar-refractivity contribution is 0.118. The number of nitrogens with zero attached hydrogens (tertiary/aromatic N) is 3. The van der Waals surface area contributed by atoms with Gasteiger partial charge in [-0.05, 0) is 12.1 Å². The van der Waals surface area contributed by atoms with E-state index in [1.165, 1.54) is 0 Å². The Bertz CT molecular complexity index is 538. The molecule has 1 aliphatic rings.